The smallest absolute Gasteiger partial charge is 0.180 e. The highest BCUT2D eigenvalue weighted by atomic mass is 16.3. The fourth-order valence-electron chi connectivity index (χ4n) is 4.07. The summed E-state index contributed by atoms with van der Waals surface area (Å²) in [4.78, 5) is 16.5. The second-order valence-electron chi connectivity index (χ2n) is 9.15. The lowest BCUT2D eigenvalue weighted by Crippen LogP contribution is -2.53. The molecular formula is C25H31N5O. The predicted molar refractivity (Wildman–Crippen MR) is 124 cm³/mol. The third-order valence-electron chi connectivity index (χ3n) is 5.51. The van der Waals surface area contributed by atoms with E-state index in [0.29, 0.717) is 5.82 Å². The van der Waals surface area contributed by atoms with Gasteiger partial charge in [0.05, 0.1) is 6.04 Å². The van der Waals surface area contributed by atoms with E-state index in [1.807, 2.05) is 43.3 Å². The first-order chi connectivity index (χ1) is 14.8. The zero-order chi connectivity index (χ0) is 22.0. The van der Waals surface area contributed by atoms with Gasteiger partial charge in [-0.1, -0.05) is 24.3 Å². The van der Waals surface area contributed by atoms with E-state index < -0.39 is 6.23 Å². The SMILES string of the molecule is CC(C(O)NC(C)(C)C)N(c1ccccc1)c1nc(-c2ccccn2)nc2c1CCC2. The van der Waals surface area contributed by atoms with Crippen LogP contribution in [0.4, 0.5) is 11.5 Å². The molecule has 2 aromatic heterocycles. The van der Waals surface area contributed by atoms with E-state index in [1.54, 1.807) is 6.20 Å². The van der Waals surface area contributed by atoms with Crippen molar-refractivity contribution in [3.8, 4) is 11.5 Å². The predicted octanol–water partition coefficient (Wildman–Crippen LogP) is 4.26. The quantitative estimate of drug-likeness (QED) is 0.584. The van der Waals surface area contributed by atoms with Crippen LogP contribution in [-0.2, 0) is 12.8 Å². The van der Waals surface area contributed by atoms with Crippen molar-refractivity contribution in [3.63, 3.8) is 0 Å². The number of nitrogens with zero attached hydrogens (tertiary/aromatic N) is 4. The second-order valence-corrected chi connectivity index (χ2v) is 9.15. The lowest BCUT2D eigenvalue weighted by atomic mass is 10.1. The van der Waals surface area contributed by atoms with Gasteiger partial charge in [-0.05, 0) is 71.2 Å². The van der Waals surface area contributed by atoms with Crippen LogP contribution >= 0.6 is 0 Å². The van der Waals surface area contributed by atoms with Gasteiger partial charge in [0.2, 0.25) is 0 Å². The molecule has 0 bridgehead atoms. The normalized spacial score (nSPS) is 15.4. The summed E-state index contributed by atoms with van der Waals surface area (Å²) < 4.78 is 0. The van der Waals surface area contributed by atoms with Crippen molar-refractivity contribution in [2.75, 3.05) is 4.90 Å². The molecule has 0 saturated heterocycles. The molecular weight excluding hydrogens is 386 g/mol. The zero-order valence-corrected chi connectivity index (χ0v) is 18.7. The Labute approximate surface area is 184 Å². The summed E-state index contributed by atoms with van der Waals surface area (Å²) in [6.07, 6.45) is 3.95. The van der Waals surface area contributed by atoms with Crippen molar-refractivity contribution >= 4 is 11.5 Å². The van der Waals surface area contributed by atoms with Crippen LogP contribution in [-0.4, -0.2) is 37.9 Å². The molecule has 0 spiro atoms. The van der Waals surface area contributed by atoms with Gasteiger partial charge < -0.3 is 10.0 Å². The first-order valence-electron chi connectivity index (χ1n) is 10.9. The maximum Gasteiger partial charge on any atom is 0.180 e. The van der Waals surface area contributed by atoms with Gasteiger partial charge >= 0.3 is 0 Å². The topological polar surface area (TPSA) is 74.2 Å². The molecule has 1 aromatic carbocycles. The number of benzene rings is 1. The molecule has 31 heavy (non-hydrogen) atoms. The molecule has 0 amide bonds. The molecule has 2 heterocycles. The Morgan fingerprint density at radius 2 is 1.74 bits per heavy atom. The van der Waals surface area contributed by atoms with E-state index in [1.165, 1.54) is 5.56 Å². The first kappa shape index (κ1) is 21.4. The molecule has 6 nitrogen and oxygen atoms in total. The number of aryl methyl sites for hydroxylation is 1. The van der Waals surface area contributed by atoms with Crippen LogP contribution in [0.2, 0.25) is 0 Å². The molecule has 1 aliphatic carbocycles. The fraction of sp³-hybridized carbons (Fsp3) is 0.400. The molecule has 2 atom stereocenters. The van der Waals surface area contributed by atoms with E-state index in [4.69, 9.17) is 9.97 Å². The summed E-state index contributed by atoms with van der Waals surface area (Å²) in [5.74, 6) is 1.49. The minimum Gasteiger partial charge on any atom is -0.376 e. The molecule has 162 valence electrons. The Bertz CT molecular complexity index is 1020. The number of para-hydroxylation sites is 1. The van der Waals surface area contributed by atoms with E-state index in [0.717, 1.165) is 42.2 Å². The van der Waals surface area contributed by atoms with Crippen molar-refractivity contribution in [2.24, 2.45) is 0 Å². The average Bonchev–Trinajstić information content (AvgIpc) is 3.23. The van der Waals surface area contributed by atoms with Crippen molar-refractivity contribution in [1.82, 2.24) is 20.3 Å². The largest absolute Gasteiger partial charge is 0.376 e. The number of aliphatic hydroxyl groups is 1. The van der Waals surface area contributed by atoms with E-state index >= 15 is 0 Å². The van der Waals surface area contributed by atoms with Crippen LogP contribution in [0.5, 0.6) is 0 Å². The Kier molecular flexibility index (Phi) is 6.03. The summed E-state index contributed by atoms with van der Waals surface area (Å²) in [5.41, 5.74) is 3.77. The van der Waals surface area contributed by atoms with Crippen molar-refractivity contribution in [2.45, 2.75) is 64.8 Å². The number of fused-ring (bicyclic) bond motifs is 1. The van der Waals surface area contributed by atoms with Crippen LogP contribution in [0.1, 0.15) is 45.4 Å². The highest BCUT2D eigenvalue weighted by Crippen LogP contribution is 2.36. The number of nitrogens with one attached hydrogen (secondary N) is 1. The lowest BCUT2D eigenvalue weighted by molar-refractivity contribution is 0.0863. The van der Waals surface area contributed by atoms with Crippen LogP contribution in [0, 0.1) is 0 Å². The van der Waals surface area contributed by atoms with Gasteiger partial charge in [0.15, 0.2) is 5.82 Å². The summed E-state index contributed by atoms with van der Waals surface area (Å²) >= 11 is 0. The lowest BCUT2D eigenvalue weighted by Gasteiger charge is -2.37. The van der Waals surface area contributed by atoms with Crippen molar-refractivity contribution < 1.29 is 5.11 Å². The van der Waals surface area contributed by atoms with Crippen LogP contribution in [0.3, 0.4) is 0 Å². The number of pyridine rings is 1. The molecule has 1 aliphatic rings. The maximum atomic E-state index is 11.1. The molecule has 0 fully saturated rings. The highest BCUT2D eigenvalue weighted by Gasteiger charge is 2.31. The zero-order valence-electron chi connectivity index (χ0n) is 18.7. The fourth-order valence-corrected chi connectivity index (χ4v) is 4.07. The van der Waals surface area contributed by atoms with Gasteiger partial charge in [-0.15, -0.1) is 0 Å². The van der Waals surface area contributed by atoms with Gasteiger partial charge in [0.1, 0.15) is 17.7 Å². The molecule has 0 saturated carbocycles. The Balaban J connectivity index is 1.84. The summed E-state index contributed by atoms with van der Waals surface area (Å²) in [5, 5.41) is 14.4. The molecule has 0 radical (unpaired) electrons. The number of aromatic nitrogens is 3. The van der Waals surface area contributed by atoms with E-state index in [2.05, 4.69) is 48.1 Å². The molecule has 6 heteroatoms. The standard InChI is InChI=1S/C25H31N5O/c1-17(24(31)29-25(2,3)4)30(18-11-6-5-7-12-18)23-19-13-10-15-20(19)27-22(28-23)21-14-8-9-16-26-21/h5-9,11-12,14,16-17,24,29,31H,10,13,15H2,1-4H3. The Hall–Kier alpha value is -2.83. The summed E-state index contributed by atoms with van der Waals surface area (Å²) in [6.45, 7) is 8.19. The third-order valence-corrected chi connectivity index (χ3v) is 5.51. The van der Waals surface area contributed by atoms with Crippen molar-refractivity contribution in [1.29, 1.82) is 0 Å². The first-order valence-corrected chi connectivity index (χ1v) is 10.9. The number of hydrogen-bond donors (Lipinski definition) is 2. The van der Waals surface area contributed by atoms with Gasteiger partial charge in [-0.2, -0.15) is 0 Å². The molecule has 2 unspecified atom stereocenters. The van der Waals surface area contributed by atoms with Gasteiger partial charge in [0, 0.05) is 28.7 Å². The summed E-state index contributed by atoms with van der Waals surface area (Å²) in [6, 6.07) is 15.7. The number of anilines is 2. The second kappa shape index (κ2) is 8.73. The minimum atomic E-state index is -0.745. The van der Waals surface area contributed by atoms with Gasteiger partial charge in [0.25, 0.3) is 0 Å². The van der Waals surface area contributed by atoms with Crippen LogP contribution in [0.15, 0.2) is 54.7 Å². The number of rotatable bonds is 6. The Morgan fingerprint density at radius 1 is 1.00 bits per heavy atom. The molecule has 2 N–H and O–H groups in total. The van der Waals surface area contributed by atoms with Crippen molar-refractivity contribution in [3.05, 3.63) is 66.0 Å². The van der Waals surface area contributed by atoms with Crippen LogP contribution in [0.25, 0.3) is 11.5 Å². The van der Waals surface area contributed by atoms with Gasteiger partial charge in [-0.25, -0.2) is 9.97 Å². The maximum absolute atomic E-state index is 11.1. The third kappa shape index (κ3) is 4.75. The average molecular weight is 418 g/mol. The number of hydrogen-bond acceptors (Lipinski definition) is 6. The molecule has 4 rings (SSSR count). The number of aliphatic hydroxyl groups excluding tert-OH is 1. The van der Waals surface area contributed by atoms with E-state index in [-0.39, 0.29) is 11.6 Å². The minimum absolute atomic E-state index is 0.219. The Morgan fingerprint density at radius 3 is 2.42 bits per heavy atom. The monoisotopic (exact) mass is 417 g/mol. The molecule has 3 aromatic rings. The van der Waals surface area contributed by atoms with Gasteiger partial charge in [-0.3, -0.25) is 10.3 Å². The van der Waals surface area contributed by atoms with Crippen LogP contribution < -0.4 is 10.2 Å². The summed E-state index contributed by atoms with van der Waals surface area (Å²) in [7, 11) is 0. The van der Waals surface area contributed by atoms with E-state index in [9.17, 15) is 5.11 Å². The highest BCUT2D eigenvalue weighted by molar-refractivity contribution is 5.68. The molecule has 0 aliphatic heterocycles.